The first-order valence-corrected chi connectivity index (χ1v) is 9.03. The predicted molar refractivity (Wildman–Crippen MR) is 103 cm³/mol. The molecule has 1 N–H and O–H groups in total. The van der Waals surface area contributed by atoms with E-state index in [0.717, 1.165) is 29.8 Å². The number of carbonyl (C=O) groups excluding carboxylic acids is 1. The summed E-state index contributed by atoms with van der Waals surface area (Å²) in [4.78, 5) is 23.3. The Balaban J connectivity index is 1.68. The molecule has 0 saturated carbocycles. The minimum atomic E-state index is -1.65. The fourth-order valence-electron chi connectivity index (χ4n) is 3.46. The number of anilines is 3. The fraction of sp³-hybridized carbons (Fsp3) is 0.190. The maximum Gasteiger partial charge on any atom is 0.274 e. The molecule has 0 bridgehead atoms. The largest absolute Gasteiger partial charge is 0.318 e. The molecule has 148 valence electrons. The van der Waals surface area contributed by atoms with Gasteiger partial charge in [0.15, 0.2) is 17.5 Å². The zero-order chi connectivity index (χ0) is 20.7. The third kappa shape index (κ3) is 3.41. The molecule has 0 saturated heterocycles. The molecule has 3 aromatic rings. The minimum Gasteiger partial charge on any atom is -0.318 e. The summed E-state index contributed by atoms with van der Waals surface area (Å²) < 4.78 is 40.4. The molecule has 0 fully saturated rings. The summed E-state index contributed by atoms with van der Waals surface area (Å²) in [6.07, 6.45) is 0.815. The van der Waals surface area contributed by atoms with Crippen molar-refractivity contribution in [2.24, 2.45) is 0 Å². The Hall–Kier alpha value is -3.42. The van der Waals surface area contributed by atoms with Gasteiger partial charge in [-0.2, -0.15) is 0 Å². The van der Waals surface area contributed by atoms with Crippen LogP contribution in [0.5, 0.6) is 0 Å². The van der Waals surface area contributed by atoms with Gasteiger partial charge in [-0.15, -0.1) is 0 Å². The Morgan fingerprint density at radius 3 is 2.66 bits per heavy atom. The summed E-state index contributed by atoms with van der Waals surface area (Å²) in [7, 11) is 0. The summed E-state index contributed by atoms with van der Waals surface area (Å²) in [6.45, 7) is 3.74. The monoisotopic (exact) mass is 398 g/mol. The van der Waals surface area contributed by atoms with Crippen LogP contribution < -0.4 is 10.2 Å². The molecule has 1 unspecified atom stereocenters. The molecule has 0 aliphatic carbocycles. The predicted octanol–water partition coefficient (Wildman–Crippen LogP) is 4.54. The molecular weight excluding hydrogens is 381 g/mol. The van der Waals surface area contributed by atoms with E-state index >= 15 is 0 Å². The van der Waals surface area contributed by atoms with Crippen molar-refractivity contribution in [1.29, 1.82) is 0 Å². The zero-order valence-electron chi connectivity index (χ0n) is 15.7. The highest BCUT2D eigenvalue weighted by Crippen LogP contribution is 2.36. The molecule has 4 rings (SSSR count). The zero-order valence-corrected chi connectivity index (χ0v) is 15.7. The van der Waals surface area contributed by atoms with E-state index in [2.05, 4.69) is 15.3 Å². The molecular formula is C21H17F3N4O. The van der Waals surface area contributed by atoms with Crippen molar-refractivity contribution in [2.45, 2.75) is 26.3 Å². The molecule has 1 aliphatic rings. The van der Waals surface area contributed by atoms with E-state index in [-0.39, 0.29) is 11.7 Å². The average molecular weight is 398 g/mol. The number of nitrogens with zero attached hydrogens (tertiary/aromatic N) is 3. The molecule has 2 heterocycles. The van der Waals surface area contributed by atoms with Gasteiger partial charge in [-0.3, -0.25) is 4.79 Å². The lowest BCUT2D eigenvalue weighted by Gasteiger charge is -2.23. The highest BCUT2D eigenvalue weighted by Gasteiger charge is 2.29. The first-order chi connectivity index (χ1) is 13.8. The van der Waals surface area contributed by atoms with E-state index in [4.69, 9.17) is 0 Å². The second kappa shape index (κ2) is 7.20. The maximum atomic E-state index is 13.9. The van der Waals surface area contributed by atoms with Gasteiger partial charge in [-0.25, -0.2) is 23.1 Å². The van der Waals surface area contributed by atoms with E-state index in [1.54, 1.807) is 6.92 Å². The van der Waals surface area contributed by atoms with Gasteiger partial charge in [-0.1, -0.05) is 18.2 Å². The van der Waals surface area contributed by atoms with Gasteiger partial charge in [-0.05, 0) is 50.1 Å². The Kier molecular flexibility index (Phi) is 4.70. The van der Waals surface area contributed by atoms with Crippen LogP contribution in [0.2, 0.25) is 0 Å². The van der Waals surface area contributed by atoms with Crippen LogP contribution in [0.3, 0.4) is 0 Å². The molecule has 1 atom stereocenters. The Bertz CT molecular complexity index is 1120. The topological polar surface area (TPSA) is 58.1 Å². The number of carbonyl (C=O) groups is 1. The first-order valence-electron chi connectivity index (χ1n) is 9.03. The molecule has 8 heteroatoms. The molecule has 2 aromatic carbocycles. The number of halogens is 3. The number of aromatic nitrogens is 2. The van der Waals surface area contributed by atoms with Crippen molar-refractivity contribution in [1.82, 2.24) is 9.97 Å². The highest BCUT2D eigenvalue weighted by molar-refractivity contribution is 6.03. The Morgan fingerprint density at radius 2 is 1.86 bits per heavy atom. The van der Waals surface area contributed by atoms with Crippen molar-refractivity contribution in [3.8, 4) is 0 Å². The lowest BCUT2D eigenvalue weighted by atomic mass is 10.1. The van der Waals surface area contributed by atoms with E-state index in [0.29, 0.717) is 11.6 Å². The lowest BCUT2D eigenvalue weighted by Crippen LogP contribution is -2.27. The number of benzene rings is 2. The molecule has 29 heavy (non-hydrogen) atoms. The van der Waals surface area contributed by atoms with Crippen molar-refractivity contribution in [3.63, 3.8) is 0 Å². The van der Waals surface area contributed by atoms with Crippen LogP contribution in [0.15, 0.2) is 42.5 Å². The van der Waals surface area contributed by atoms with Crippen LogP contribution in [0, 0.1) is 24.4 Å². The van der Waals surface area contributed by atoms with E-state index in [1.807, 2.05) is 36.1 Å². The summed E-state index contributed by atoms with van der Waals surface area (Å²) in [5.41, 5.74) is 2.19. The van der Waals surface area contributed by atoms with E-state index < -0.39 is 29.0 Å². The van der Waals surface area contributed by atoms with Gasteiger partial charge < -0.3 is 10.2 Å². The number of nitrogens with one attached hydrogen (secondary N) is 1. The van der Waals surface area contributed by atoms with Gasteiger partial charge in [0, 0.05) is 17.4 Å². The lowest BCUT2D eigenvalue weighted by molar-refractivity contribution is 0.102. The van der Waals surface area contributed by atoms with Crippen LogP contribution in [0.4, 0.5) is 30.5 Å². The highest BCUT2D eigenvalue weighted by atomic mass is 19.2. The van der Waals surface area contributed by atoms with Crippen LogP contribution >= 0.6 is 0 Å². The van der Waals surface area contributed by atoms with Gasteiger partial charge in [0.05, 0.1) is 5.69 Å². The number of hydrogen-bond acceptors (Lipinski definition) is 4. The van der Waals surface area contributed by atoms with E-state index in [9.17, 15) is 18.0 Å². The summed E-state index contributed by atoms with van der Waals surface area (Å²) in [6, 6.07) is 11.1. The van der Waals surface area contributed by atoms with Crippen LogP contribution in [-0.4, -0.2) is 21.9 Å². The number of fused-ring (bicyclic) bond motifs is 1. The fourth-order valence-corrected chi connectivity index (χ4v) is 3.46. The SMILES string of the molecule is Cc1cc(C(=O)Nc2ccc(F)c(F)c2F)nc(N2c3ccccc3CC2C)n1. The van der Waals surface area contributed by atoms with Crippen LogP contribution in [-0.2, 0) is 6.42 Å². The maximum absolute atomic E-state index is 13.9. The van der Waals surface area contributed by atoms with E-state index in [1.165, 1.54) is 6.07 Å². The van der Waals surface area contributed by atoms with Gasteiger partial charge in [0.1, 0.15) is 5.69 Å². The number of rotatable bonds is 3. The van der Waals surface area contributed by atoms with Crippen molar-refractivity contribution < 1.29 is 18.0 Å². The van der Waals surface area contributed by atoms with Gasteiger partial charge in [0.2, 0.25) is 5.95 Å². The number of para-hydroxylation sites is 1. The summed E-state index contributed by atoms with van der Waals surface area (Å²) in [5, 5.41) is 2.24. The van der Waals surface area contributed by atoms with Crippen LogP contribution in [0.25, 0.3) is 0 Å². The molecule has 1 amide bonds. The first kappa shape index (κ1) is 18.9. The third-order valence-electron chi connectivity index (χ3n) is 4.78. The summed E-state index contributed by atoms with van der Waals surface area (Å²) in [5.74, 6) is -4.85. The third-order valence-corrected chi connectivity index (χ3v) is 4.78. The van der Waals surface area contributed by atoms with Crippen LogP contribution in [0.1, 0.15) is 28.7 Å². The standard InChI is InChI=1S/C21H17F3N4O/c1-11-9-16(20(29)26-15-8-7-14(22)18(23)19(15)24)27-21(25-11)28-12(2)10-13-5-3-4-6-17(13)28/h3-9,12H,10H2,1-2H3,(H,26,29). The number of aryl methyl sites for hydroxylation is 1. The van der Waals surface area contributed by atoms with Crippen molar-refractivity contribution in [2.75, 3.05) is 10.2 Å². The van der Waals surface area contributed by atoms with Crippen molar-refractivity contribution in [3.05, 3.63) is 76.9 Å². The minimum absolute atomic E-state index is 0.00628. The number of hydrogen-bond donors (Lipinski definition) is 1. The molecule has 1 aromatic heterocycles. The molecule has 0 radical (unpaired) electrons. The second-order valence-corrected chi connectivity index (χ2v) is 6.92. The molecule has 0 spiro atoms. The molecule has 5 nitrogen and oxygen atoms in total. The second-order valence-electron chi connectivity index (χ2n) is 6.92. The van der Waals surface area contributed by atoms with Gasteiger partial charge >= 0.3 is 0 Å². The number of amides is 1. The molecule has 1 aliphatic heterocycles. The Labute approximate surface area is 165 Å². The smallest absolute Gasteiger partial charge is 0.274 e. The van der Waals surface area contributed by atoms with Gasteiger partial charge in [0.25, 0.3) is 5.91 Å². The van der Waals surface area contributed by atoms with Crippen molar-refractivity contribution >= 4 is 23.2 Å². The average Bonchev–Trinajstić information content (AvgIpc) is 3.03. The normalized spacial score (nSPS) is 15.3. The Morgan fingerprint density at radius 1 is 1.10 bits per heavy atom. The summed E-state index contributed by atoms with van der Waals surface area (Å²) >= 11 is 0. The quantitative estimate of drug-likeness (QED) is 0.659.